The first-order chi connectivity index (χ1) is 8.43. The Morgan fingerprint density at radius 3 is 2.44 bits per heavy atom. The molecule has 0 saturated carbocycles. The number of likely N-dealkylation sites (tertiary alicyclic amines) is 1. The van der Waals surface area contributed by atoms with Gasteiger partial charge in [-0.2, -0.15) is 0 Å². The molecule has 1 amide bonds. The summed E-state index contributed by atoms with van der Waals surface area (Å²) in [5.74, 6) is 0.950. The fourth-order valence-electron chi connectivity index (χ4n) is 2.40. The molecule has 1 heterocycles. The highest BCUT2D eigenvalue weighted by Crippen LogP contribution is 2.29. The standard InChI is InChI=1S/C14H20N2O2/c1-10(11-4-6-12(18-3)7-5-11)16-9-14(2,15)8-13(16)17/h4-7,10H,8-9,15H2,1-3H3/t10-,14?/m0/s1. The Morgan fingerprint density at radius 2 is 2.00 bits per heavy atom. The van der Waals surface area contributed by atoms with E-state index >= 15 is 0 Å². The van der Waals surface area contributed by atoms with E-state index in [9.17, 15) is 4.79 Å². The third kappa shape index (κ3) is 2.48. The van der Waals surface area contributed by atoms with E-state index in [2.05, 4.69) is 0 Å². The van der Waals surface area contributed by atoms with Crippen LogP contribution in [0.4, 0.5) is 0 Å². The Kier molecular flexibility index (Phi) is 3.30. The number of carbonyl (C=O) groups is 1. The highest BCUT2D eigenvalue weighted by Gasteiger charge is 2.38. The zero-order valence-corrected chi connectivity index (χ0v) is 11.1. The van der Waals surface area contributed by atoms with Gasteiger partial charge in [-0.05, 0) is 31.5 Å². The van der Waals surface area contributed by atoms with Gasteiger partial charge in [0.15, 0.2) is 0 Å². The molecule has 1 aromatic rings. The van der Waals surface area contributed by atoms with E-state index in [1.807, 2.05) is 43.0 Å². The minimum absolute atomic E-state index is 0.0498. The maximum absolute atomic E-state index is 11.9. The van der Waals surface area contributed by atoms with Crippen molar-refractivity contribution in [1.29, 1.82) is 0 Å². The molecule has 0 spiro atoms. The molecule has 1 aliphatic rings. The molecule has 2 N–H and O–H groups in total. The number of nitrogens with two attached hydrogens (primary N) is 1. The van der Waals surface area contributed by atoms with E-state index in [-0.39, 0.29) is 11.9 Å². The second-order valence-corrected chi connectivity index (χ2v) is 5.30. The summed E-state index contributed by atoms with van der Waals surface area (Å²) in [6, 6.07) is 7.85. The van der Waals surface area contributed by atoms with Gasteiger partial charge in [0.25, 0.3) is 0 Å². The summed E-state index contributed by atoms with van der Waals surface area (Å²) in [4.78, 5) is 13.8. The van der Waals surface area contributed by atoms with Crippen molar-refractivity contribution < 1.29 is 9.53 Å². The van der Waals surface area contributed by atoms with E-state index in [1.165, 1.54) is 0 Å². The number of amides is 1. The predicted octanol–water partition coefficient (Wildman–Crippen LogP) is 1.71. The molecule has 18 heavy (non-hydrogen) atoms. The Bertz CT molecular complexity index is 440. The van der Waals surface area contributed by atoms with Crippen LogP contribution in [0.1, 0.15) is 31.9 Å². The van der Waals surface area contributed by atoms with Gasteiger partial charge >= 0.3 is 0 Å². The van der Waals surface area contributed by atoms with Crippen molar-refractivity contribution in [2.45, 2.75) is 31.8 Å². The summed E-state index contributed by atoms with van der Waals surface area (Å²) < 4.78 is 5.13. The second-order valence-electron chi connectivity index (χ2n) is 5.30. The molecule has 1 aromatic carbocycles. The van der Waals surface area contributed by atoms with Gasteiger partial charge in [0, 0.05) is 18.5 Å². The molecule has 1 saturated heterocycles. The molecule has 1 aliphatic heterocycles. The molecule has 98 valence electrons. The number of hydrogen-bond donors (Lipinski definition) is 1. The first-order valence-electron chi connectivity index (χ1n) is 6.15. The van der Waals surface area contributed by atoms with Gasteiger partial charge in [0.05, 0.1) is 13.2 Å². The number of ether oxygens (including phenoxy) is 1. The lowest BCUT2D eigenvalue weighted by Gasteiger charge is -2.26. The number of benzene rings is 1. The maximum atomic E-state index is 11.9. The van der Waals surface area contributed by atoms with Crippen molar-refractivity contribution in [3.63, 3.8) is 0 Å². The molecule has 4 heteroatoms. The van der Waals surface area contributed by atoms with E-state index < -0.39 is 5.54 Å². The number of rotatable bonds is 3. The van der Waals surface area contributed by atoms with Gasteiger partial charge in [-0.15, -0.1) is 0 Å². The lowest BCUT2D eigenvalue weighted by Crippen LogP contribution is -2.39. The lowest BCUT2D eigenvalue weighted by molar-refractivity contribution is -0.129. The van der Waals surface area contributed by atoms with Crippen LogP contribution in [-0.4, -0.2) is 30.0 Å². The Labute approximate surface area is 108 Å². The lowest BCUT2D eigenvalue weighted by atomic mass is 10.0. The Balaban J connectivity index is 2.15. The second kappa shape index (κ2) is 4.61. The van der Waals surface area contributed by atoms with Gasteiger partial charge in [0.1, 0.15) is 5.75 Å². The first kappa shape index (κ1) is 12.9. The third-order valence-corrected chi connectivity index (χ3v) is 3.47. The Hall–Kier alpha value is -1.55. The van der Waals surface area contributed by atoms with Crippen molar-refractivity contribution in [3.8, 4) is 5.75 Å². The molecule has 0 aliphatic carbocycles. The van der Waals surface area contributed by atoms with Crippen LogP contribution in [0.5, 0.6) is 5.75 Å². The monoisotopic (exact) mass is 248 g/mol. The van der Waals surface area contributed by atoms with E-state index in [0.29, 0.717) is 13.0 Å². The number of nitrogens with zero attached hydrogens (tertiary/aromatic N) is 1. The normalized spacial score (nSPS) is 25.3. The summed E-state index contributed by atoms with van der Waals surface area (Å²) >= 11 is 0. The van der Waals surface area contributed by atoms with Crippen LogP contribution < -0.4 is 10.5 Å². The van der Waals surface area contributed by atoms with Crippen LogP contribution in [0, 0.1) is 0 Å². The van der Waals surface area contributed by atoms with Gasteiger partial charge < -0.3 is 15.4 Å². The fourth-order valence-corrected chi connectivity index (χ4v) is 2.40. The van der Waals surface area contributed by atoms with Gasteiger partial charge in [-0.25, -0.2) is 0 Å². The third-order valence-electron chi connectivity index (χ3n) is 3.47. The fraction of sp³-hybridized carbons (Fsp3) is 0.500. The Morgan fingerprint density at radius 1 is 1.39 bits per heavy atom. The van der Waals surface area contributed by atoms with Crippen molar-refractivity contribution in [3.05, 3.63) is 29.8 Å². The molecule has 2 rings (SSSR count). The minimum atomic E-state index is -0.405. The molecular formula is C14H20N2O2. The summed E-state index contributed by atoms with van der Waals surface area (Å²) in [6.45, 7) is 4.56. The van der Waals surface area contributed by atoms with Crippen LogP contribution in [-0.2, 0) is 4.79 Å². The van der Waals surface area contributed by atoms with Gasteiger partial charge in [-0.1, -0.05) is 12.1 Å². The van der Waals surface area contributed by atoms with Crippen molar-refractivity contribution in [1.82, 2.24) is 4.90 Å². The maximum Gasteiger partial charge on any atom is 0.225 e. The van der Waals surface area contributed by atoms with Crippen molar-refractivity contribution in [2.75, 3.05) is 13.7 Å². The summed E-state index contributed by atoms with van der Waals surface area (Å²) in [6.07, 6.45) is 0.424. The highest BCUT2D eigenvalue weighted by atomic mass is 16.5. The number of carbonyl (C=O) groups excluding carboxylic acids is 1. The molecule has 0 bridgehead atoms. The zero-order chi connectivity index (χ0) is 13.3. The van der Waals surface area contributed by atoms with Gasteiger partial charge in [-0.3, -0.25) is 4.79 Å². The quantitative estimate of drug-likeness (QED) is 0.886. The number of methoxy groups -OCH3 is 1. The van der Waals surface area contributed by atoms with Crippen LogP contribution >= 0.6 is 0 Å². The largest absolute Gasteiger partial charge is 0.497 e. The summed E-state index contributed by atoms with van der Waals surface area (Å²) in [7, 11) is 1.64. The van der Waals surface area contributed by atoms with Crippen LogP contribution in [0.15, 0.2) is 24.3 Å². The van der Waals surface area contributed by atoms with E-state index in [1.54, 1.807) is 7.11 Å². The van der Waals surface area contributed by atoms with Gasteiger partial charge in [0.2, 0.25) is 5.91 Å². The molecule has 2 atom stereocenters. The molecular weight excluding hydrogens is 228 g/mol. The molecule has 1 fully saturated rings. The molecule has 1 unspecified atom stereocenters. The average Bonchev–Trinajstić information content (AvgIpc) is 2.62. The smallest absolute Gasteiger partial charge is 0.225 e. The highest BCUT2D eigenvalue weighted by molar-refractivity contribution is 5.80. The van der Waals surface area contributed by atoms with Crippen LogP contribution in [0.2, 0.25) is 0 Å². The predicted molar refractivity (Wildman–Crippen MR) is 70.3 cm³/mol. The van der Waals surface area contributed by atoms with Crippen molar-refractivity contribution >= 4 is 5.91 Å². The molecule has 0 aromatic heterocycles. The summed E-state index contributed by atoms with van der Waals surface area (Å²) in [5, 5.41) is 0. The van der Waals surface area contributed by atoms with Crippen LogP contribution in [0.3, 0.4) is 0 Å². The van der Waals surface area contributed by atoms with E-state index in [0.717, 1.165) is 11.3 Å². The first-order valence-corrected chi connectivity index (χ1v) is 6.15. The average molecular weight is 248 g/mol. The summed E-state index contributed by atoms with van der Waals surface area (Å²) in [5.41, 5.74) is 6.73. The van der Waals surface area contributed by atoms with Crippen molar-refractivity contribution in [2.24, 2.45) is 5.73 Å². The van der Waals surface area contributed by atoms with E-state index in [4.69, 9.17) is 10.5 Å². The molecule has 0 radical (unpaired) electrons. The molecule has 4 nitrogen and oxygen atoms in total. The number of hydrogen-bond acceptors (Lipinski definition) is 3. The SMILES string of the molecule is COc1ccc([C@H](C)N2CC(C)(N)CC2=O)cc1. The van der Waals surface area contributed by atoms with Crippen LogP contribution in [0.25, 0.3) is 0 Å². The zero-order valence-electron chi connectivity index (χ0n) is 11.1. The topological polar surface area (TPSA) is 55.6 Å². The minimum Gasteiger partial charge on any atom is -0.497 e.